The Balaban J connectivity index is 1.73. The molecule has 0 saturated carbocycles. The van der Waals surface area contributed by atoms with Crippen LogP contribution in [-0.4, -0.2) is 34.9 Å². The summed E-state index contributed by atoms with van der Waals surface area (Å²) >= 11 is 1.73. The smallest absolute Gasteiger partial charge is 0.129 e. The number of aryl methyl sites for hydroxylation is 1. The van der Waals surface area contributed by atoms with Crippen LogP contribution in [0.5, 0.6) is 5.75 Å². The Morgan fingerprint density at radius 1 is 1.11 bits per heavy atom. The molecule has 2 aromatic heterocycles. The first kappa shape index (κ1) is 19.2. The third kappa shape index (κ3) is 4.77. The van der Waals surface area contributed by atoms with Gasteiger partial charge in [-0.25, -0.2) is 9.97 Å². The highest BCUT2D eigenvalue weighted by Gasteiger charge is 2.13. The van der Waals surface area contributed by atoms with E-state index in [0.29, 0.717) is 0 Å². The number of hydrogen-bond donors (Lipinski definition) is 1. The van der Waals surface area contributed by atoms with Crippen LogP contribution in [-0.2, 0) is 0 Å². The fourth-order valence-electron chi connectivity index (χ4n) is 2.82. The summed E-state index contributed by atoms with van der Waals surface area (Å²) in [6, 6.07) is 12.3. The maximum Gasteiger partial charge on any atom is 0.129 e. The summed E-state index contributed by atoms with van der Waals surface area (Å²) in [5.74, 6) is 1.98. The summed E-state index contributed by atoms with van der Waals surface area (Å²) in [6.07, 6.45) is 5.50. The molecule has 5 nitrogen and oxygen atoms in total. The van der Waals surface area contributed by atoms with Crippen molar-refractivity contribution in [2.45, 2.75) is 24.7 Å². The Kier molecular flexibility index (Phi) is 6.29. The Bertz CT molecular complexity index is 899. The van der Waals surface area contributed by atoms with E-state index in [1.165, 1.54) is 10.5 Å². The number of ether oxygens (including phenoxy) is 1. The van der Waals surface area contributed by atoms with E-state index in [1.807, 2.05) is 37.4 Å². The van der Waals surface area contributed by atoms with Crippen molar-refractivity contribution in [1.82, 2.24) is 15.0 Å². The molecule has 1 unspecified atom stereocenters. The lowest BCUT2D eigenvalue weighted by Gasteiger charge is -2.18. The minimum Gasteiger partial charge on any atom is -0.496 e. The average molecular weight is 381 g/mol. The quantitative estimate of drug-likeness (QED) is 0.595. The lowest BCUT2D eigenvalue weighted by Crippen LogP contribution is -2.12. The minimum atomic E-state index is 0.270. The molecule has 0 aliphatic carbocycles. The predicted molar refractivity (Wildman–Crippen MR) is 112 cm³/mol. The Labute approximate surface area is 164 Å². The van der Waals surface area contributed by atoms with Crippen molar-refractivity contribution in [3.8, 4) is 17.0 Å². The molecule has 0 fully saturated rings. The zero-order valence-electron chi connectivity index (χ0n) is 16.1. The fraction of sp³-hybridized carbons (Fsp3) is 0.286. The minimum absolute atomic E-state index is 0.270. The molecule has 1 aromatic carbocycles. The van der Waals surface area contributed by atoms with E-state index < -0.39 is 0 Å². The van der Waals surface area contributed by atoms with Gasteiger partial charge in [-0.3, -0.25) is 4.98 Å². The fourth-order valence-corrected chi connectivity index (χ4v) is 3.27. The number of anilines is 1. The van der Waals surface area contributed by atoms with E-state index in [4.69, 9.17) is 4.74 Å². The third-order valence-corrected chi connectivity index (χ3v) is 5.16. The molecule has 27 heavy (non-hydrogen) atoms. The van der Waals surface area contributed by atoms with Crippen LogP contribution in [0, 0.1) is 6.92 Å². The van der Waals surface area contributed by atoms with Crippen molar-refractivity contribution in [3.63, 3.8) is 0 Å². The molecule has 0 amide bonds. The van der Waals surface area contributed by atoms with Gasteiger partial charge >= 0.3 is 0 Å². The Hall–Kier alpha value is -2.60. The van der Waals surface area contributed by atoms with Crippen molar-refractivity contribution in [3.05, 3.63) is 60.2 Å². The first-order valence-corrected chi connectivity index (χ1v) is 10.0. The van der Waals surface area contributed by atoms with Crippen LogP contribution in [0.3, 0.4) is 0 Å². The first-order valence-electron chi connectivity index (χ1n) is 8.81. The second kappa shape index (κ2) is 8.86. The van der Waals surface area contributed by atoms with Crippen LogP contribution in [0.1, 0.15) is 24.1 Å². The summed E-state index contributed by atoms with van der Waals surface area (Å²) in [7, 11) is 1.71. The van der Waals surface area contributed by atoms with E-state index in [-0.39, 0.29) is 5.92 Å². The third-order valence-electron chi connectivity index (χ3n) is 4.43. The van der Waals surface area contributed by atoms with Gasteiger partial charge in [0.25, 0.3) is 0 Å². The second-order valence-electron chi connectivity index (χ2n) is 6.37. The van der Waals surface area contributed by atoms with Gasteiger partial charge in [-0.2, -0.15) is 0 Å². The van der Waals surface area contributed by atoms with Crippen molar-refractivity contribution in [2.24, 2.45) is 0 Å². The van der Waals surface area contributed by atoms with E-state index in [2.05, 4.69) is 45.6 Å². The average Bonchev–Trinajstić information content (AvgIpc) is 2.72. The van der Waals surface area contributed by atoms with Crippen LogP contribution in [0.15, 0.2) is 53.8 Å². The first-order chi connectivity index (χ1) is 13.1. The van der Waals surface area contributed by atoms with E-state index in [1.54, 1.807) is 25.2 Å². The molecule has 0 spiro atoms. The summed E-state index contributed by atoms with van der Waals surface area (Å²) in [4.78, 5) is 14.3. The topological polar surface area (TPSA) is 59.9 Å². The van der Waals surface area contributed by atoms with Crippen LogP contribution >= 0.6 is 11.8 Å². The van der Waals surface area contributed by atoms with Crippen LogP contribution in [0.2, 0.25) is 0 Å². The van der Waals surface area contributed by atoms with Gasteiger partial charge in [0.05, 0.1) is 12.8 Å². The summed E-state index contributed by atoms with van der Waals surface area (Å²) in [5, 5.41) is 3.42. The van der Waals surface area contributed by atoms with Crippen LogP contribution in [0.25, 0.3) is 11.3 Å². The molecule has 1 atom stereocenters. The standard InChI is InChI=1S/C21H24N4OS/c1-14(18-9-17(27-4)7-8-20(18)26-3)11-23-21-10-19(24-13-25-21)16-6-5-15(2)22-12-16/h5-10,12-14H,11H2,1-4H3,(H,23,24,25). The summed E-state index contributed by atoms with van der Waals surface area (Å²) in [5.41, 5.74) is 4.01. The van der Waals surface area contributed by atoms with Gasteiger partial charge in [-0.05, 0) is 49.1 Å². The number of pyridine rings is 1. The number of thioether (sulfide) groups is 1. The molecule has 140 valence electrons. The van der Waals surface area contributed by atoms with Gasteiger partial charge in [0.15, 0.2) is 0 Å². The number of nitrogens with zero attached hydrogens (tertiary/aromatic N) is 3. The van der Waals surface area contributed by atoms with E-state index in [0.717, 1.165) is 35.1 Å². The molecule has 1 N–H and O–H groups in total. The summed E-state index contributed by atoms with van der Waals surface area (Å²) in [6.45, 7) is 4.90. The predicted octanol–water partition coefficient (Wildman–Crippen LogP) is 4.79. The Morgan fingerprint density at radius 2 is 1.96 bits per heavy atom. The molecule has 0 aliphatic rings. The van der Waals surface area contributed by atoms with Gasteiger partial charge in [0.1, 0.15) is 17.9 Å². The number of benzene rings is 1. The monoisotopic (exact) mass is 380 g/mol. The highest BCUT2D eigenvalue weighted by atomic mass is 32.2. The molecule has 3 aromatic rings. The van der Waals surface area contributed by atoms with Gasteiger partial charge < -0.3 is 10.1 Å². The van der Waals surface area contributed by atoms with Crippen LogP contribution in [0.4, 0.5) is 5.82 Å². The number of hydrogen-bond acceptors (Lipinski definition) is 6. The summed E-state index contributed by atoms with van der Waals surface area (Å²) < 4.78 is 5.53. The number of aromatic nitrogens is 3. The zero-order valence-corrected chi connectivity index (χ0v) is 16.9. The lowest BCUT2D eigenvalue weighted by molar-refractivity contribution is 0.406. The highest BCUT2D eigenvalue weighted by Crippen LogP contribution is 2.31. The maximum absolute atomic E-state index is 5.53. The zero-order chi connectivity index (χ0) is 19.2. The molecule has 0 bridgehead atoms. The van der Waals surface area contributed by atoms with E-state index >= 15 is 0 Å². The van der Waals surface area contributed by atoms with Gasteiger partial charge in [0, 0.05) is 40.9 Å². The molecule has 0 saturated heterocycles. The SMILES string of the molecule is COc1ccc(SC)cc1C(C)CNc1cc(-c2ccc(C)nc2)ncn1. The number of methoxy groups -OCH3 is 1. The van der Waals surface area contributed by atoms with Crippen LogP contribution < -0.4 is 10.1 Å². The molecule has 2 heterocycles. The largest absolute Gasteiger partial charge is 0.496 e. The highest BCUT2D eigenvalue weighted by molar-refractivity contribution is 7.98. The molecule has 3 rings (SSSR count). The molecule has 0 radical (unpaired) electrons. The van der Waals surface area contributed by atoms with Crippen molar-refractivity contribution in [1.29, 1.82) is 0 Å². The molecular weight excluding hydrogens is 356 g/mol. The molecular formula is C21H24N4OS. The molecule has 6 heteroatoms. The van der Waals surface area contributed by atoms with Gasteiger partial charge in [0.2, 0.25) is 0 Å². The Morgan fingerprint density at radius 3 is 2.67 bits per heavy atom. The van der Waals surface area contributed by atoms with Gasteiger partial charge in [-0.15, -0.1) is 11.8 Å². The number of rotatable bonds is 7. The second-order valence-corrected chi connectivity index (χ2v) is 7.25. The maximum atomic E-state index is 5.53. The van der Waals surface area contributed by atoms with Gasteiger partial charge in [-0.1, -0.05) is 6.92 Å². The number of nitrogens with one attached hydrogen (secondary N) is 1. The van der Waals surface area contributed by atoms with E-state index in [9.17, 15) is 0 Å². The van der Waals surface area contributed by atoms with Crippen molar-refractivity contribution >= 4 is 17.6 Å². The normalized spacial score (nSPS) is 11.9. The van der Waals surface area contributed by atoms with Crippen molar-refractivity contribution < 1.29 is 4.74 Å². The lowest BCUT2D eigenvalue weighted by atomic mass is 10.00. The van der Waals surface area contributed by atoms with Crippen molar-refractivity contribution in [2.75, 3.05) is 25.2 Å². The molecule has 0 aliphatic heterocycles.